The number of aromatic nitrogens is 4. The van der Waals surface area contributed by atoms with Crippen molar-refractivity contribution in [3.8, 4) is 11.8 Å². The highest BCUT2D eigenvalue weighted by Crippen LogP contribution is 2.34. The number of aromatic amines is 2. The largest absolute Gasteiger partial charge is 0.342 e. The van der Waals surface area contributed by atoms with Crippen molar-refractivity contribution in [3.63, 3.8) is 0 Å². The molecule has 6 heteroatoms. The molecule has 2 fully saturated rings. The highest BCUT2D eigenvalue weighted by atomic mass is 19.1. The molecule has 0 unspecified atom stereocenters. The minimum absolute atomic E-state index is 0.310. The van der Waals surface area contributed by atoms with E-state index >= 15 is 0 Å². The summed E-state index contributed by atoms with van der Waals surface area (Å²) in [7, 11) is 0. The second kappa shape index (κ2) is 8.21. The molecule has 2 aromatic heterocycles. The van der Waals surface area contributed by atoms with Gasteiger partial charge in [-0.15, -0.1) is 0 Å². The smallest absolute Gasteiger partial charge is 0.152 e. The Balaban J connectivity index is 1.21. The van der Waals surface area contributed by atoms with Crippen molar-refractivity contribution in [1.29, 1.82) is 0 Å². The first-order chi connectivity index (χ1) is 17.2. The van der Waals surface area contributed by atoms with E-state index in [0.29, 0.717) is 23.0 Å². The lowest BCUT2D eigenvalue weighted by Crippen LogP contribution is -2.13. The van der Waals surface area contributed by atoms with Gasteiger partial charge in [-0.05, 0) is 67.9 Å². The van der Waals surface area contributed by atoms with Gasteiger partial charge in [0.05, 0.1) is 22.6 Å². The maximum atomic E-state index is 14.8. The molecule has 0 amide bonds. The van der Waals surface area contributed by atoms with Gasteiger partial charge in [0.25, 0.3) is 0 Å². The van der Waals surface area contributed by atoms with Crippen LogP contribution in [0.5, 0.6) is 0 Å². The summed E-state index contributed by atoms with van der Waals surface area (Å²) < 4.78 is 14.8. The Morgan fingerprint density at radius 2 is 1.60 bits per heavy atom. The number of nitrogens with zero attached hydrogens (tertiary/aromatic N) is 2. The lowest BCUT2D eigenvalue weighted by Gasteiger charge is -2.04. The number of hydrogen-bond donors (Lipinski definition) is 3. The Kier molecular flexibility index (Phi) is 4.85. The van der Waals surface area contributed by atoms with Crippen molar-refractivity contribution in [3.05, 3.63) is 71.1 Å². The summed E-state index contributed by atoms with van der Waals surface area (Å²) in [5.74, 6) is 8.39. The molecule has 2 aliphatic rings. The van der Waals surface area contributed by atoms with Gasteiger partial charge >= 0.3 is 0 Å². The second-order valence-corrected chi connectivity index (χ2v) is 9.88. The van der Waals surface area contributed by atoms with Gasteiger partial charge in [0, 0.05) is 22.4 Å². The molecule has 3 N–H and O–H groups in total. The van der Waals surface area contributed by atoms with Crippen LogP contribution in [0.4, 0.5) is 4.39 Å². The topological polar surface area (TPSA) is 69.4 Å². The van der Waals surface area contributed by atoms with Crippen LogP contribution in [-0.4, -0.2) is 26.5 Å². The molecule has 3 heterocycles. The molecule has 7 rings (SSSR count). The van der Waals surface area contributed by atoms with Gasteiger partial charge in [-0.2, -0.15) is 0 Å². The second-order valence-electron chi connectivity index (χ2n) is 9.88. The monoisotopic (exact) mass is 463 g/mol. The fourth-order valence-corrected chi connectivity index (χ4v) is 5.69. The Bertz CT molecular complexity index is 1640. The molecule has 0 radical (unpaired) electrons. The number of imidazole rings is 2. The van der Waals surface area contributed by atoms with Gasteiger partial charge in [0.2, 0.25) is 0 Å². The van der Waals surface area contributed by atoms with Crippen molar-refractivity contribution >= 4 is 32.8 Å². The van der Waals surface area contributed by atoms with Crippen LogP contribution in [-0.2, 0) is 0 Å². The van der Waals surface area contributed by atoms with E-state index in [0.717, 1.165) is 70.3 Å². The van der Waals surface area contributed by atoms with Crippen LogP contribution >= 0.6 is 0 Å². The molecule has 5 nitrogen and oxygen atoms in total. The van der Waals surface area contributed by atoms with Crippen molar-refractivity contribution in [1.82, 2.24) is 25.3 Å². The maximum absolute atomic E-state index is 14.8. The van der Waals surface area contributed by atoms with E-state index in [-0.39, 0.29) is 5.82 Å². The van der Waals surface area contributed by atoms with Crippen LogP contribution in [0.1, 0.15) is 73.3 Å². The number of nitrogens with one attached hydrogen (secondary N) is 3. The Labute approximate surface area is 202 Å². The van der Waals surface area contributed by atoms with Crippen molar-refractivity contribution in [2.24, 2.45) is 0 Å². The number of halogens is 1. The summed E-state index contributed by atoms with van der Waals surface area (Å²) in [6.45, 7) is 1.05. The highest BCUT2D eigenvalue weighted by molar-refractivity contribution is 6.04. The van der Waals surface area contributed by atoms with Crippen LogP contribution < -0.4 is 5.32 Å². The molecule has 174 valence electrons. The fourth-order valence-electron chi connectivity index (χ4n) is 5.69. The minimum Gasteiger partial charge on any atom is -0.342 e. The van der Waals surface area contributed by atoms with Gasteiger partial charge in [0.1, 0.15) is 17.2 Å². The Hall–Kier alpha value is -3.69. The van der Waals surface area contributed by atoms with E-state index in [1.807, 2.05) is 12.1 Å². The summed E-state index contributed by atoms with van der Waals surface area (Å²) >= 11 is 0. The number of benzene rings is 3. The zero-order valence-corrected chi connectivity index (χ0v) is 19.4. The number of fused-ring (bicyclic) bond motifs is 4. The number of H-pyrrole nitrogens is 2. The van der Waals surface area contributed by atoms with Crippen molar-refractivity contribution < 1.29 is 4.39 Å². The third kappa shape index (κ3) is 3.67. The maximum Gasteiger partial charge on any atom is 0.152 e. The first kappa shape index (κ1) is 20.7. The van der Waals surface area contributed by atoms with Crippen molar-refractivity contribution in [2.75, 3.05) is 6.54 Å². The molecule has 1 aliphatic heterocycles. The molecule has 1 aliphatic carbocycles. The van der Waals surface area contributed by atoms with Crippen LogP contribution in [0.15, 0.2) is 42.5 Å². The van der Waals surface area contributed by atoms with Gasteiger partial charge < -0.3 is 15.3 Å². The van der Waals surface area contributed by atoms with Crippen LogP contribution in [0.25, 0.3) is 32.8 Å². The van der Waals surface area contributed by atoms with Crippen LogP contribution in [0.3, 0.4) is 0 Å². The lowest BCUT2D eigenvalue weighted by atomic mass is 10.1. The number of hydrogen-bond acceptors (Lipinski definition) is 3. The van der Waals surface area contributed by atoms with E-state index < -0.39 is 0 Å². The minimum atomic E-state index is -0.320. The fraction of sp³-hybridized carbons (Fsp3) is 0.310. The standard InChI is InChI=1S/C29H26FN5/c30-22-15-18(16-25-27(22)35-28(33-25)19-4-1-2-5-19)8-7-17-9-11-21-20(14-17)10-12-23-26(21)34-29(32-23)24-6-3-13-31-24/h9-12,14-16,19,24,31H,1-6,13H2,(H,32,34)(H,33,35)/t24-/m0/s1. The average molecular weight is 464 g/mol. The zero-order chi connectivity index (χ0) is 23.4. The Morgan fingerprint density at radius 1 is 0.771 bits per heavy atom. The lowest BCUT2D eigenvalue weighted by molar-refractivity contribution is 0.614. The van der Waals surface area contributed by atoms with Crippen LogP contribution in [0.2, 0.25) is 0 Å². The molecular weight excluding hydrogens is 437 g/mol. The van der Waals surface area contributed by atoms with E-state index in [1.165, 1.54) is 25.3 Å². The van der Waals surface area contributed by atoms with Gasteiger partial charge in [-0.25, -0.2) is 14.4 Å². The van der Waals surface area contributed by atoms with Gasteiger partial charge in [-0.3, -0.25) is 0 Å². The molecule has 5 aromatic rings. The quantitative estimate of drug-likeness (QED) is 0.273. The summed E-state index contributed by atoms with van der Waals surface area (Å²) in [6, 6.07) is 14.1. The summed E-state index contributed by atoms with van der Waals surface area (Å²) in [5, 5.41) is 5.71. The molecule has 0 spiro atoms. The van der Waals surface area contributed by atoms with Gasteiger partial charge in [-0.1, -0.05) is 36.8 Å². The first-order valence-electron chi connectivity index (χ1n) is 12.6. The van der Waals surface area contributed by atoms with E-state index in [9.17, 15) is 4.39 Å². The highest BCUT2D eigenvalue weighted by Gasteiger charge is 2.22. The van der Waals surface area contributed by atoms with E-state index in [2.05, 4.69) is 56.4 Å². The molecule has 1 saturated heterocycles. The Morgan fingerprint density at radius 3 is 2.46 bits per heavy atom. The molecule has 1 atom stereocenters. The van der Waals surface area contributed by atoms with Gasteiger partial charge in [0.15, 0.2) is 5.82 Å². The summed E-state index contributed by atoms with van der Waals surface area (Å²) in [4.78, 5) is 16.3. The number of rotatable bonds is 2. The third-order valence-electron chi connectivity index (χ3n) is 7.53. The predicted octanol–water partition coefficient (Wildman–Crippen LogP) is 6.21. The normalized spacial score (nSPS) is 18.6. The zero-order valence-electron chi connectivity index (χ0n) is 19.4. The molecular formula is C29H26FN5. The van der Waals surface area contributed by atoms with E-state index in [4.69, 9.17) is 4.98 Å². The van der Waals surface area contributed by atoms with E-state index in [1.54, 1.807) is 0 Å². The summed E-state index contributed by atoms with van der Waals surface area (Å²) in [5.41, 5.74) is 4.73. The third-order valence-corrected chi connectivity index (χ3v) is 7.53. The predicted molar refractivity (Wildman–Crippen MR) is 137 cm³/mol. The SMILES string of the molecule is Fc1cc(C#Cc2ccc3c(ccc4[nH]c([C@@H]5CCCN5)nc43)c2)cc2[nH]c(C3CCCC3)nc12. The molecule has 3 aromatic carbocycles. The summed E-state index contributed by atoms with van der Waals surface area (Å²) in [6.07, 6.45) is 6.99. The average Bonchev–Trinajstić information content (AvgIpc) is 3.67. The van der Waals surface area contributed by atoms with Crippen LogP contribution in [0, 0.1) is 17.7 Å². The molecule has 0 bridgehead atoms. The van der Waals surface area contributed by atoms with Crippen molar-refractivity contribution in [2.45, 2.75) is 50.5 Å². The molecule has 1 saturated carbocycles. The molecule has 35 heavy (non-hydrogen) atoms. The first-order valence-corrected chi connectivity index (χ1v) is 12.6.